The van der Waals surface area contributed by atoms with Crippen LogP contribution < -0.4 is 10.4 Å². The molecule has 1 aliphatic rings. The van der Waals surface area contributed by atoms with Gasteiger partial charge in [-0.3, -0.25) is 9.13 Å². The number of hydrogen-bond acceptors (Lipinski definition) is 3. The minimum Gasteiger partial charge on any atom is -0.491 e. The predicted molar refractivity (Wildman–Crippen MR) is 81.7 cm³/mol. The topological polar surface area (TPSA) is 56.4 Å². The normalized spacial score (nSPS) is 18.0. The van der Waals surface area contributed by atoms with Gasteiger partial charge in [-0.25, -0.2) is 4.79 Å². The van der Waals surface area contributed by atoms with E-state index in [1.165, 1.54) is 6.42 Å². The number of ether oxygens (including phenoxy) is 1. The van der Waals surface area contributed by atoms with Gasteiger partial charge in [-0.15, -0.1) is 0 Å². The molecule has 0 spiro atoms. The molecule has 5 heteroatoms. The van der Waals surface area contributed by atoms with E-state index in [9.17, 15) is 9.90 Å². The van der Waals surface area contributed by atoms with Crippen LogP contribution in [-0.4, -0.2) is 26.4 Å². The number of imidazole rings is 1. The highest BCUT2D eigenvalue weighted by atomic mass is 16.5. The molecule has 0 unspecified atom stereocenters. The summed E-state index contributed by atoms with van der Waals surface area (Å²) in [5.41, 5.74) is 0.977. The second kappa shape index (κ2) is 5.22. The summed E-state index contributed by atoms with van der Waals surface area (Å²) in [5.74, 6) is 0.697. The molecule has 5 nitrogen and oxygen atoms in total. The molecule has 21 heavy (non-hydrogen) atoms. The van der Waals surface area contributed by atoms with Crippen molar-refractivity contribution in [2.24, 2.45) is 14.1 Å². The van der Waals surface area contributed by atoms with Gasteiger partial charge in [0.15, 0.2) is 0 Å². The molecule has 1 aromatic heterocycles. The van der Waals surface area contributed by atoms with E-state index >= 15 is 0 Å². The lowest BCUT2D eigenvalue weighted by Crippen LogP contribution is -2.37. The molecule has 0 bridgehead atoms. The van der Waals surface area contributed by atoms with Gasteiger partial charge >= 0.3 is 5.69 Å². The average molecular weight is 290 g/mol. The molecule has 114 valence electrons. The molecular weight excluding hydrogens is 268 g/mol. The Labute approximate surface area is 123 Å². The first kappa shape index (κ1) is 14.2. The fraction of sp³-hybridized carbons (Fsp3) is 0.562. The summed E-state index contributed by atoms with van der Waals surface area (Å²) < 4.78 is 9.01. The molecule has 1 fully saturated rings. The third-order valence-electron chi connectivity index (χ3n) is 4.54. The summed E-state index contributed by atoms with van der Waals surface area (Å²) in [7, 11) is 3.51. The summed E-state index contributed by atoms with van der Waals surface area (Å²) >= 11 is 0. The second-order valence-corrected chi connectivity index (χ2v) is 6.12. The van der Waals surface area contributed by atoms with Crippen molar-refractivity contribution in [1.82, 2.24) is 9.13 Å². The Morgan fingerprint density at radius 2 is 1.81 bits per heavy atom. The zero-order valence-corrected chi connectivity index (χ0v) is 12.6. The van der Waals surface area contributed by atoms with Crippen LogP contribution in [0.3, 0.4) is 0 Å². The van der Waals surface area contributed by atoms with Crippen molar-refractivity contribution in [3.63, 3.8) is 0 Å². The highest BCUT2D eigenvalue weighted by Crippen LogP contribution is 2.29. The third kappa shape index (κ3) is 2.58. The Bertz CT molecular complexity index is 708. The van der Waals surface area contributed by atoms with E-state index in [1.807, 2.05) is 18.2 Å². The number of nitrogens with zero attached hydrogens (tertiary/aromatic N) is 2. The number of benzene rings is 1. The van der Waals surface area contributed by atoms with E-state index in [0.29, 0.717) is 12.4 Å². The van der Waals surface area contributed by atoms with Crippen molar-refractivity contribution >= 4 is 11.0 Å². The third-order valence-corrected chi connectivity index (χ3v) is 4.54. The standard InChI is InChI=1S/C16H22N2O3/c1-17-13-7-6-12(10-14(13)18(2)15(17)19)21-11-16(20)8-4-3-5-9-16/h6-7,10,20H,3-5,8-9,11H2,1-2H3. The molecule has 2 aromatic rings. The van der Waals surface area contributed by atoms with Gasteiger partial charge in [-0.05, 0) is 25.0 Å². The second-order valence-electron chi connectivity index (χ2n) is 6.12. The van der Waals surface area contributed by atoms with Gasteiger partial charge in [0.25, 0.3) is 0 Å². The van der Waals surface area contributed by atoms with Gasteiger partial charge in [0.05, 0.1) is 16.6 Å². The van der Waals surface area contributed by atoms with Crippen molar-refractivity contribution in [2.75, 3.05) is 6.61 Å². The van der Waals surface area contributed by atoms with E-state index < -0.39 is 5.60 Å². The van der Waals surface area contributed by atoms with E-state index in [1.54, 1.807) is 23.2 Å². The number of rotatable bonds is 3. The number of hydrogen-bond donors (Lipinski definition) is 1. The van der Waals surface area contributed by atoms with Crippen LogP contribution in [0.5, 0.6) is 5.75 Å². The highest BCUT2D eigenvalue weighted by Gasteiger charge is 2.30. The molecule has 0 atom stereocenters. The molecule has 3 rings (SSSR count). The zero-order valence-electron chi connectivity index (χ0n) is 12.6. The molecule has 0 radical (unpaired) electrons. The Balaban J connectivity index is 1.82. The van der Waals surface area contributed by atoms with Gasteiger partial charge in [0.1, 0.15) is 12.4 Å². The maximum atomic E-state index is 11.9. The molecule has 0 saturated heterocycles. The number of aryl methyl sites for hydroxylation is 2. The van der Waals surface area contributed by atoms with Crippen LogP contribution in [0, 0.1) is 0 Å². The van der Waals surface area contributed by atoms with Gasteiger partial charge in [0.2, 0.25) is 0 Å². The number of fused-ring (bicyclic) bond motifs is 1. The van der Waals surface area contributed by atoms with E-state index in [4.69, 9.17) is 4.74 Å². The summed E-state index contributed by atoms with van der Waals surface area (Å²) in [6.45, 7) is 0.319. The van der Waals surface area contributed by atoms with Gasteiger partial charge in [-0.1, -0.05) is 19.3 Å². The van der Waals surface area contributed by atoms with Crippen LogP contribution in [0.1, 0.15) is 32.1 Å². The van der Waals surface area contributed by atoms with E-state index in [2.05, 4.69) is 0 Å². The Kier molecular flexibility index (Phi) is 3.53. The Hall–Kier alpha value is -1.75. The summed E-state index contributed by atoms with van der Waals surface area (Å²) in [6.07, 6.45) is 4.93. The molecule has 1 N–H and O–H groups in total. The number of aliphatic hydroxyl groups is 1. The van der Waals surface area contributed by atoms with Crippen molar-refractivity contribution in [3.8, 4) is 5.75 Å². The fourth-order valence-corrected chi connectivity index (χ4v) is 3.15. The first-order valence-corrected chi connectivity index (χ1v) is 7.51. The van der Waals surface area contributed by atoms with Crippen LogP contribution in [-0.2, 0) is 14.1 Å². The van der Waals surface area contributed by atoms with E-state index in [-0.39, 0.29) is 5.69 Å². The minimum absolute atomic E-state index is 0.0481. The van der Waals surface area contributed by atoms with Crippen LogP contribution in [0.4, 0.5) is 0 Å². The largest absolute Gasteiger partial charge is 0.491 e. The highest BCUT2D eigenvalue weighted by molar-refractivity contribution is 5.77. The van der Waals surface area contributed by atoms with Crippen LogP contribution in [0.2, 0.25) is 0 Å². The lowest BCUT2D eigenvalue weighted by atomic mass is 9.85. The SMILES string of the molecule is Cn1c(=O)n(C)c2cc(OCC3(O)CCCCC3)ccc21. The predicted octanol–water partition coefficient (Wildman–Crippen LogP) is 1.95. The zero-order chi connectivity index (χ0) is 15.0. The van der Waals surface area contributed by atoms with Crippen molar-refractivity contribution < 1.29 is 9.84 Å². The first-order valence-electron chi connectivity index (χ1n) is 7.51. The summed E-state index contributed by atoms with van der Waals surface area (Å²) in [6, 6.07) is 5.61. The lowest BCUT2D eigenvalue weighted by Gasteiger charge is -2.31. The van der Waals surface area contributed by atoms with Crippen molar-refractivity contribution in [2.45, 2.75) is 37.7 Å². The maximum Gasteiger partial charge on any atom is 0.328 e. The molecule has 1 heterocycles. The van der Waals surface area contributed by atoms with Gasteiger partial charge in [-0.2, -0.15) is 0 Å². The minimum atomic E-state index is -0.699. The maximum absolute atomic E-state index is 11.9. The van der Waals surface area contributed by atoms with Crippen LogP contribution in [0.25, 0.3) is 11.0 Å². The monoisotopic (exact) mass is 290 g/mol. The molecule has 1 aliphatic carbocycles. The molecular formula is C16H22N2O3. The Morgan fingerprint density at radius 1 is 1.14 bits per heavy atom. The molecule has 0 aliphatic heterocycles. The molecule has 1 aromatic carbocycles. The van der Waals surface area contributed by atoms with Crippen molar-refractivity contribution in [1.29, 1.82) is 0 Å². The van der Waals surface area contributed by atoms with Gasteiger partial charge in [0, 0.05) is 20.2 Å². The fourth-order valence-electron chi connectivity index (χ4n) is 3.15. The smallest absolute Gasteiger partial charge is 0.328 e. The first-order chi connectivity index (χ1) is 10.0. The summed E-state index contributed by atoms with van der Waals surface area (Å²) in [5, 5.41) is 10.5. The molecule has 1 saturated carbocycles. The lowest BCUT2D eigenvalue weighted by molar-refractivity contribution is -0.0338. The van der Waals surface area contributed by atoms with Crippen molar-refractivity contribution in [3.05, 3.63) is 28.7 Å². The van der Waals surface area contributed by atoms with Crippen LogP contribution >= 0.6 is 0 Å². The average Bonchev–Trinajstić information content (AvgIpc) is 2.71. The Morgan fingerprint density at radius 3 is 2.52 bits per heavy atom. The van der Waals surface area contributed by atoms with Gasteiger partial charge < -0.3 is 9.84 Å². The molecule has 0 amide bonds. The van der Waals surface area contributed by atoms with E-state index in [0.717, 1.165) is 36.7 Å². The summed E-state index contributed by atoms with van der Waals surface area (Å²) in [4.78, 5) is 11.9. The quantitative estimate of drug-likeness (QED) is 0.940. The van der Waals surface area contributed by atoms with Crippen LogP contribution in [0.15, 0.2) is 23.0 Å². The number of aromatic nitrogens is 2.